The number of aromatic nitrogens is 2. The molecule has 2 N–H and O–H groups in total. The van der Waals surface area contributed by atoms with Gasteiger partial charge in [-0.05, 0) is 35.2 Å². The molecule has 1 heterocycles. The molecule has 1 aromatic heterocycles. The smallest absolute Gasteiger partial charge is 0.255 e. The van der Waals surface area contributed by atoms with Crippen LogP contribution in [-0.4, -0.2) is 9.97 Å². The van der Waals surface area contributed by atoms with E-state index >= 15 is 0 Å². The number of benzene rings is 1. The summed E-state index contributed by atoms with van der Waals surface area (Å²) in [5.74, 6) is 0. The zero-order valence-electron chi connectivity index (χ0n) is 13.0. The summed E-state index contributed by atoms with van der Waals surface area (Å²) < 4.78 is 0.392. The first-order valence-electron chi connectivity index (χ1n) is 7.25. The normalized spacial score (nSPS) is 11.6. The van der Waals surface area contributed by atoms with Crippen molar-refractivity contribution in [2.24, 2.45) is 0 Å². The van der Waals surface area contributed by atoms with E-state index in [2.05, 4.69) is 55.0 Å². The molecule has 0 bridgehead atoms. The van der Waals surface area contributed by atoms with Crippen molar-refractivity contribution in [3.8, 4) is 0 Å². The Kier molecular flexibility index (Phi) is 4.47. The van der Waals surface area contributed by atoms with Crippen molar-refractivity contribution in [1.82, 2.24) is 9.97 Å². The number of hydrogen-bond donors (Lipinski definition) is 2. The lowest BCUT2D eigenvalue weighted by Crippen LogP contribution is -2.18. The molecule has 0 spiro atoms. The average Bonchev–Trinajstić information content (AvgIpc) is 2.41. The van der Waals surface area contributed by atoms with E-state index in [1.807, 2.05) is 6.92 Å². The van der Waals surface area contributed by atoms with Gasteiger partial charge in [0.1, 0.15) is 0 Å². The highest BCUT2D eigenvalue weighted by atomic mass is 32.1. The number of aromatic amines is 2. The molecule has 4 heteroatoms. The van der Waals surface area contributed by atoms with Gasteiger partial charge in [0.2, 0.25) is 0 Å². The first kappa shape index (κ1) is 15.7. The fourth-order valence-corrected chi connectivity index (χ4v) is 2.59. The van der Waals surface area contributed by atoms with E-state index in [4.69, 9.17) is 12.2 Å². The summed E-state index contributed by atoms with van der Waals surface area (Å²) in [5, 5.41) is 0. The minimum Gasteiger partial charge on any atom is -0.336 e. The lowest BCUT2D eigenvalue weighted by molar-refractivity contribution is 0.590. The highest BCUT2D eigenvalue weighted by Gasteiger charge is 2.13. The van der Waals surface area contributed by atoms with E-state index in [0.717, 1.165) is 23.2 Å². The topological polar surface area (TPSA) is 48.6 Å². The lowest BCUT2D eigenvalue weighted by atomic mass is 9.86. The monoisotopic (exact) mass is 302 g/mol. The number of rotatable bonds is 3. The SMILES string of the molecule is CCc1[nH]c(=S)[nH]c(=O)c1Cc1ccc(C(C)(C)C)cc1. The van der Waals surface area contributed by atoms with Crippen LogP contribution in [0.5, 0.6) is 0 Å². The number of hydrogen-bond acceptors (Lipinski definition) is 2. The van der Waals surface area contributed by atoms with Crippen LogP contribution >= 0.6 is 12.2 Å². The van der Waals surface area contributed by atoms with E-state index < -0.39 is 0 Å². The van der Waals surface area contributed by atoms with Crippen LogP contribution in [0.4, 0.5) is 0 Å². The zero-order chi connectivity index (χ0) is 15.6. The summed E-state index contributed by atoms with van der Waals surface area (Å²) in [6, 6.07) is 8.47. The van der Waals surface area contributed by atoms with Crippen molar-refractivity contribution in [2.45, 2.75) is 46.0 Å². The third-order valence-corrected chi connectivity index (χ3v) is 3.89. The third-order valence-electron chi connectivity index (χ3n) is 3.68. The van der Waals surface area contributed by atoms with Crippen molar-refractivity contribution in [2.75, 3.05) is 0 Å². The second-order valence-electron chi connectivity index (χ2n) is 6.34. The second kappa shape index (κ2) is 5.98. The van der Waals surface area contributed by atoms with Crippen LogP contribution in [0.3, 0.4) is 0 Å². The molecule has 0 atom stereocenters. The molecule has 1 aromatic carbocycles. The van der Waals surface area contributed by atoms with E-state index in [9.17, 15) is 4.79 Å². The highest BCUT2D eigenvalue weighted by molar-refractivity contribution is 7.71. The van der Waals surface area contributed by atoms with Crippen molar-refractivity contribution < 1.29 is 0 Å². The maximum atomic E-state index is 12.1. The summed E-state index contributed by atoms with van der Waals surface area (Å²) in [6.07, 6.45) is 1.39. The standard InChI is InChI=1S/C17H22N2OS/c1-5-14-13(15(20)19-16(21)18-14)10-11-6-8-12(9-7-11)17(2,3)4/h6-9H,5,10H2,1-4H3,(H2,18,19,20,21). The molecule has 0 amide bonds. The maximum absolute atomic E-state index is 12.1. The van der Waals surface area contributed by atoms with Gasteiger partial charge in [0.05, 0.1) is 0 Å². The molecule has 3 nitrogen and oxygen atoms in total. The first-order valence-corrected chi connectivity index (χ1v) is 7.66. The van der Waals surface area contributed by atoms with Gasteiger partial charge in [-0.25, -0.2) is 0 Å². The Morgan fingerprint density at radius 3 is 2.24 bits per heavy atom. The summed E-state index contributed by atoms with van der Waals surface area (Å²) >= 11 is 5.02. The predicted molar refractivity (Wildman–Crippen MR) is 89.6 cm³/mol. The second-order valence-corrected chi connectivity index (χ2v) is 6.75. The van der Waals surface area contributed by atoms with E-state index in [-0.39, 0.29) is 11.0 Å². The maximum Gasteiger partial charge on any atom is 0.255 e. The highest BCUT2D eigenvalue weighted by Crippen LogP contribution is 2.22. The van der Waals surface area contributed by atoms with Gasteiger partial charge in [-0.2, -0.15) is 0 Å². The van der Waals surface area contributed by atoms with Crippen molar-refractivity contribution in [3.05, 3.63) is 61.8 Å². The van der Waals surface area contributed by atoms with Crippen LogP contribution in [0.2, 0.25) is 0 Å². The molecule has 0 aliphatic rings. The van der Waals surface area contributed by atoms with Crippen molar-refractivity contribution in [3.63, 3.8) is 0 Å². The van der Waals surface area contributed by atoms with Crippen molar-refractivity contribution >= 4 is 12.2 Å². The summed E-state index contributed by atoms with van der Waals surface area (Å²) in [4.78, 5) is 17.9. The summed E-state index contributed by atoms with van der Waals surface area (Å²) in [5.41, 5.74) is 4.17. The molecule has 0 saturated heterocycles. The van der Waals surface area contributed by atoms with Gasteiger partial charge < -0.3 is 4.98 Å². The Morgan fingerprint density at radius 2 is 1.71 bits per heavy atom. The summed E-state index contributed by atoms with van der Waals surface area (Å²) in [7, 11) is 0. The molecule has 0 unspecified atom stereocenters. The first-order chi connectivity index (χ1) is 9.81. The Balaban J connectivity index is 2.35. The van der Waals surface area contributed by atoms with Gasteiger partial charge in [0.15, 0.2) is 4.77 Å². The Labute approximate surface area is 130 Å². The molecule has 0 saturated carbocycles. The zero-order valence-corrected chi connectivity index (χ0v) is 13.9. The molecule has 0 aliphatic heterocycles. The van der Waals surface area contributed by atoms with Gasteiger partial charge in [-0.1, -0.05) is 52.0 Å². The van der Waals surface area contributed by atoms with Crippen LogP contribution in [0.1, 0.15) is 50.1 Å². The fourth-order valence-electron chi connectivity index (χ4n) is 2.37. The van der Waals surface area contributed by atoms with Gasteiger partial charge in [-0.15, -0.1) is 0 Å². The lowest BCUT2D eigenvalue weighted by Gasteiger charge is -2.19. The molecule has 0 aliphatic carbocycles. The van der Waals surface area contributed by atoms with Crippen LogP contribution in [0, 0.1) is 4.77 Å². The van der Waals surface area contributed by atoms with Gasteiger partial charge in [0.25, 0.3) is 5.56 Å². The number of aryl methyl sites for hydroxylation is 1. The van der Waals surface area contributed by atoms with Crippen molar-refractivity contribution in [1.29, 1.82) is 0 Å². The molecule has 0 fully saturated rings. The number of H-pyrrole nitrogens is 2. The average molecular weight is 302 g/mol. The Bertz CT molecular complexity index is 733. The van der Waals surface area contributed by atoms with E-state index in [1.165, 1.54) is 5.56 Å². The van der Waals surface area contributed by atoms with Crippen LogP contribution in [0.15, 0.2) is 29.1 Å². The molecule has 2 aromatic rings. The van der Waals surface area contributed by atoms with E-state index in [1.54, 1.807) is 0 Å². The van der Waals surface area contributed by atoms with Crippen LogP contribution in [0.25, 0.3) is 0 Å². The number of nitrogens with one attached hydrogen (secondary N) is 2. The molecule has 112 valence electrons. The third kappa shape index (κ3) is 3.70. The van der Waals surface area contributed by atoms with Gasteiger partial charge >= 0.3 is 0 Å². The molecule has 21 heavy (non-hydrogen) atoms. The molecule has 2 rings (SSSR count). The Hall–Kier alpha value is -1.68. The minimum atomic E-state index is -0.0875. The fraction of sp³-hybridized carbons (Fsp3) is 0.412. The molecule has 0 radical (unpaired) electrons. The van der Waals surface area contributed by atoms with Gasteiger partial charge in [-0.3, -0.25) is 9.78 Å². The summed E-state index contributed by atoms with van der Waals surface area (Å²) in [6.45, 7) is 8.60. The van der Waals surface area contributed by atoms with Gasteiger partial charge in [0, 0.05) is 17.7 Å². The largest absolute Gasteiger partial charge is 0.336 e. The predicted octanol–water partition coefficient (Wildman–Crippen LogP) is 3.88. The van der Waals surface area contributed by atoms with Crippen LogP contribution < -0.4 is 5.56 Å². The molecular formula is C17H22N2OS. The quantitative estimate of drug-likeness (QED) is 0.845. The minimum absolute atomic E-state index is 0.0875. The van der Waals surface area contributed by atoms with E-state index in [0.29, 0.717) is 11.2 Å². The Morgan fingerprint density at radius 1 is 1.10 bits per heavy atom. The molecular weight excluding hydrogens is 280 g/mol. The van der Waals surface area contributed by atoms with Crippen LogP contribution in [-0.2, 0) is 18.3 Å².